The molecule has 1 amide bonds. The van der Waals surface area contributed by atoms with Gasteiger partial charge in [0.25, 0.3) is 0 Å². The Kier molecular flexibility index (Phi) is 6.29. The number of benzene rings is 1. The van der Waals surface area contributed by atoms with Crippen LogP contribution >= 0.6 is 15.9 Å². The maximum absolute atomic E-state index is 11.8. The fraction of sp³-hybridized carbons (Fsp3) is 0.500. The molecule has 20 heavy (non-hydrogen) atoms. The number of ether oxygens (including phenoxy) is 2. The van der Waals surface area contributed by atoms with E-state index >= 15 is 0 Å². The van der Waals surface area contributed by atoms with Gasteiger partial charge in [0, 0.05) is 6.54 Å². The molecule has 0 saturated heterocycles. The van der Waals surface area contributed by atoms with E-state index in [0.29, 0.717) is 18.0 Å². The van der Waals surface area contributed by atoms with Crippen LogP contribution in [0.25, 0.3) is 0 Å². The summed E-state index contributed by atoms with van der Waals surface area (Å²) in [7, 11) is 3.15. The van der Waals surface area contributed by atoms with Gasteiger partial charge in [-0.15, -0.1) is 0 Å². The van der Waals surface area contributed by atoms with Gasteiger partial charge in [0.2, 0.25) is 5.91 Å². The third kappa shape index (κ3) is 4.11. The van der Waals surface area contributed by atoms with Crippen LogP contribution in [0.1, 0.15) is 19.4 Å². The number of nitrogens with one attached hydrogen (secondary N) is 1. The third-order valence-electron chi connectivity index (χ3n) is 2.98. The Hall–Kier alpha value is -1.27. The molecule has 0 fully saturated rings. The van der Waals surface area contributed by atoms with Gasteiger partial charge in [0.15, 0.2) is 11.5 Å². The van der Waals surface area contributed by atoms with Crippen molar-refractivity contribution in [2.45, 2.75) is 26.4 Å². The van der Waals surface area contributed by atoms with Crippen LogP contribution in [0, 0.1) is 5.92 Å². The van der Waals surface area contributed by atoms with Crippen molar-refractivity contribution >= 4 is 21.8 Å². The smallest absolute Gasteiger partial charge is 0.237 e. The molecule has 1 aromatic carbocycles. The zero-order chi connectivity index (χ0) is 15.3. The van der Waals surface area contributed by atoms with Gasteiger partial charge in [0.1, 0.15) is 0 Å². The van der Waals surface area contributed by atoms with Gasteiger partial charge < -0.3 is 20.5 Å². The molecule has 0 bridgehead atoms. The van der Waals surface area contributed by atoms with Crippen molar-refractivity contribution in [1.82, 2.24) is 5.32 Å². The largest absolute Gasteiger partial charge is 0.493 e. The summed E-state index contributed by atoms with van der Waals surface area (Å²) in [5.74, 6) is 1.18. The summed E-state index contributed by atoms with van der Waals surface area (Å²) in [5.41, 5.74) is 6.69. The van der Waals surface area contributed by atoms with Crippen molar-refractivity contribution in [2.75, 3.05) is 14.2 Å². The molecule has 3 N–H and O–H groups in total. The van der Waals surface area contributed by atoms with E-state index in [-0.39, 0.29) is 11.8 Å². The highest BCUT2D eigenvalue weighted by molar-refractivity contribution is 9.10. The highest BCUT2D eigenvalue weighted by atomic mass is 79.9. The highest BCUT2D eigenvalue weighted by Crippen LogP contribution is 2.36. The predicted molar refractivity (Wildman–Crippen MR) is 81.9 cm³/mol. The summed E-state index contributed by atoms with van der Waals surface area (Å²) in [6, 6.07) is 3.20. The van der Waals surface area contributed by atoms with Gasteiger partial charge in [-0.25, -0.2) is 0 Å². The molecule has 1 atom stereocenters. The minimum absolute atomic E-state index is 0.104. The SMILES string of the molecule is COc1cc(CNC(=O)[C@@H](N)C(C)C)cc(Br)c1OC. The Labute approximate surface area is 127 Å². The van der Waals surface area contributed by atoms with E-state index in [0.717, 1.165) is 10.0 Å². The molecule has 6 heteroatoms. The first-order valence-corrected chi connectivity index (χ1v) is 7.13. The summed E-state index contributed by atoms with van der Waals surface area (Å²) in [6.07, 6.45) is 0. The topological polar surface area (TPSA) is 73.6 Å². The molecule has 1 aromatic rings. The normalized spacial score (nSPS) is 12.2. The number of halogens is 1. The molecule has 0 saturated carbocycles. The average molecular weight is 345 g/mol. The predicted octanol–water partition coefficient (Wildman–Crippen LogP) is 2.07. The summed E-state index contributed by atoms with van der Waals surface area (Å²) in [4.78, 5) is 11.8. The second-order valence-electron chi connectivity index (χ2n) is 4.80. The molecule has 0 aliphatic carbocycles. The first kappa shape index (κ1) is 16.8. The van der Waals surface area contributed by atoms with Crippen LogP contribution in [0.3, 0.4) is 0 Å². The van der Waals surface area contributed by atoms with Crippen LogP contribution in [0.4, 0.5) is 0 Å². The van der Waals surface area contributed by atoms with Crippen LogP contribution in [-0.4, -0.2) is 26.2 Å². The lowest BCUT2D eigenvalue weighted by atomic mass is 10.0. The number of amides is 1. The summed E-state index contributed by atoms with van der Waals surface area (Å²) < 4.78 is 11.3. The van der Waals surface area contributed by atoms with Gasteiger partial charge >= 0.3 is 0 Å². The van der Waals surface area contributed by atoms with Crippen LogP contribution in [-0.2, 0) is 11.3 Å². The first-order valence-electron chi connectivity index (χ1n) is 6.34. The number of carbonyl (C=O) groups is 1. The lowest BCUT2D eigenvalue weighted by molar-refractivity contribution is -0.123. The van der Waals surface area contributed by atoms with Crippen LogP contribution in [0.15, 0.2) is 16.6 Å². The van der Waals surface area contributed by atoms with Crippen LogP contribution < -0.4 is 20.5 Å². The molecular formula is C14H21BrN2O3. The fourth-order valence-corrected chi connectivity index (χ4v) is 2.33. The van der Waals surface area contributed by atoms with Crippen LogP contribution in [0.5, 0.6) is 11.5 Å². The van der Waals surface area contributed by atoms with E-state index in [1.165, 1.54) is 0 Å². The fourth-order valence-electron chi connectivity index (χ4n) is 1.68. The number of methoxy groups -OCH3 is 2. The number of hydrogen-bond acceptors (Lipinski definition) is 4. The average Bonchev–Trinajstić information content (AvgIpc) is 2.42. The van der Waals surface area contributed by atoms with Crippen molar-refractivity contribution in [1.29, 1.82) is 0 Å². The minimum atomic E-state index is -0.501. The first-order chi connectivity index (χ1) is 9.40. The number of nitrogens with two attached hydrogens (primary N) is 1. The molecular weight excluding hydrogens is 324 g/mol. The molecule has 0 heterocycles. The zero-order valence-corrected chi connectivity index (χ0v) is 13.8. The van der Waals surface area contributed by atoms with E-state index in [4.69, 9.17) is 15.2 Å². The van der Waals surface area contributed by atoms with Gasteiger partial charge in [-0.3, -0.25) is 4.79 Å². The van der Waals surface area contributed by atoms with E-state index in [1.54, 1.807) is 14.2 Å². The van der Waals surface area contributed by atoms with Crippen molar-refractivity contribution < 1.29 is 14.3 Å². The third-order valence-corrected chi connectivity index (χ3v) is 3.57. The molecule has 0 aliphatic rings. The second-order valence-corrected chi connectivity index (χ2v) is 5.66. The van der Waals surface area contributed by atoms with Gasteiger partial charge in [-0.2, -0.15) is 0 Å². The monoisotopic (exact) mass is 344 g/mol. The molecule has 0 aliphatic heterocycles. The highest BCUT2D eigenvalue weighted by Gasteiger charge is 2.17. The molecule has 0 radical (unpaired) electrons. The number of hydrogen-bond donors (Lipinski definition) is 2. The Morgan fingerprint density at radius 1 is 1.35 bits per heavy atom. The van der Waals surface area contributed by atoms with Crippen molar-refractivity contribution in [3.05, 3.63) is 22.2 Å². The molecule has 0 aromatic heterocycles. The second kappa shape index (κ2) is 7.50. The Balaban J connectivity index is 2.79. The van der Waals surface area contributed by atoms with Gasteiger partial charge in [-0.1, -0.05) is 13.8 Å². The van der Waals surface area contributed by atoms with Crippen molar-refractivity contribution in [3.63, 3.8) is 0 Å². The maximum Gasteiger partial charge on any atom is 0.237 e. The van der Waals surface area contributed by atoms with Crippen molar-refractivity contribution in [2.24, 2.45) is 11.7 Å². The summed E-state index contributed by atoms with van der Waals surface area (Å²) in [6.45, 7) is 4.21. The lowest BCUT2D eigenvalue weighted by Crippen LogP contribution is -2.43. The molecule has 112 valence electrons. The molecule has 1 rings (SSSR count). The number of carbonyl (C=O) groups excluding carboxylic acids is 1. The van der Waals surface area contributed by atoms with E-state index < -0.39 is 6.04 Å². The quantitative estimate of drug-likeness (QED) is 0.828. The van der Waals surface area contributed by atoms with E-state index in [9.17, 15) is 4.79 Å². The van der Waals surface area contributed by atoms with Gasteiger partial charge in [0.05, 0.1) is 24.7 Å². The summed E-state index contributed by atoms with van der Waals surface area (Å²) >= 11 is 3.42. The standard InChI is InChI=1S/C14H21BrN2O3/c1-8(2)12(16)14(18)17-7-9-5-10(15)13(20-4)11(6-9)19-3/h5-6,8,12H,7,16H2,1-4H3,(H,17,18)/t12-/m0/s1. The molecule has 5 nitrogen and oxygen atoms in total. The number of rotatable bonds is 6. The molecule has 0 spiro atoms. The van der Waals surface area contributed by atoms with Crippen LogP contribution in [0.2, 0.25) is 0 Å². The van der Waals surface area contributed by atoms with Crippen molar-refractivity contribution in [3.8, 4) is 11.5 Å². The Morgan fingerprint density at radius 2 is 2.00 bits per heavy atom. The van der Waals surface area contributed by atoms with E-state index in [1.807, 2.05) is 26.0 Å². The lowest BCUT2D eigenvalue weighted by Gasteiger charge is -2.16. The minimum Gasteiger partial charge on any atom is -0.493 e. The Morgan fingerprint density at radius 3 is 2.50 bits per heavy atom. The zero-order valence-electron chi connectivity index (χ0n) is 12.2. The van der Waals surface area contributed by atoms with E-state index in [2.05, 4.69) is 21.2 Å². The Bertz CT molecular complexity index is 478. The molecule has 0 unspecified atom stereocenters. The van der Waals surface area contributed by atoms with Gasteiger partial charge in [-0.05, 0) is 39.5 Å². The maximum atomic E-state index is 11.8. The summed E-state index contributed by atoms with van der Waals surface area (Å²) in [5, 5.41) is 2.81.